The number of hydrogen-bond donors (Lipinski definition) is 2. The van der Waals surface area contributed by atoms with Gasteiger partial charge >= 0.3 is 0 Å². The molecule has 0 unspecified atom stereocenters. The van der Waals surface area contributed by atoms with E-state index in [1.807, 2.05) is 18.2 Å². The average molecular weight is 334 g/mol. The molecule has 1 atom stereocenters. The Morgan fingerprint density at radius 1 is 1.08 bits per heavy atom. The number of aliphatic hydroxyl groups is 2. The SMILES string of the molecule is OCCOc1cccc(CN2CC[C@](O)(CN3CCCCC3)C2)c1. The van der Waals surface area contributed by atoms with Gasteiger partial charge in [0.1, 0.15) is 12.4 Å². The van der Waals surface area contributed by atoms with Gasteiger partial charge in [-0.15, -0.1) is 0 Å². The van der Waals surface area contributed by atoms with E-state index in [1.165, 1.54) is 24.8 Å². The van der Waals surface area contributed by atoms with Crippen LogP contribution in [0.4, 0.5) is 0 Å². The van der Waals surface area contributed by atoms with Gasteiger partial charge in [0.2, 0.25) is 0 Å². The second-order valence-corrected chi connectivity index (χ2v) is 7.24. The molecule has 0 aliphatic carbocycles. The molecule has 2 aliphatic heterocycles. The minimum atomic E-state index is -0.567. The van der Waals surface area contributed by atoms with Gasteiger partial charge in [0.15, 0.2) is 0 Å². The molecule has 1 aromatic carbocycles. The first kappa shape index (κ1) is 17.7. The maximum atomic E-state index is 10.9. The number of aliphatic hydroxyl groups excluding tert-OH is 1. The van der Waals surface area contributed by atoms with Crippen LogP contribution in [-0.2, 0) is 6.54 Å². The summed E-state index contributed by atoms with van der Waals surface area (Å²) in [4.78, 5) is 4.76. The zero-order chi connectivity index (χ0) is 16.8. The molecular weight excluding hydrogens is 304 g/mol. The summed E-state index contributed by atoms with van der Waals surface area (Å²) in [7, 11) is 0. The highest BCUT2D eigenvalue weighted by Crippen LogP contribution is 2.26. The predicted octanol–water partition coefficient (Wildman–Crippen LogP) is 1.48. The molecule has 2 N–H and O–H groups in total. The van der Waals surface area contributed by atoms with E-state index in [-0.39, 0.29) is 6.61 Å². The lowest BCUT2D eigenvalue weighted by Gasteiger charge is -2.33. The van der Waals surface area contributed by atoms with E-state index in [4.69, 9.17) is 9.84 Å². The van der Waals surface area contributed by atoms with E-state index >= 15 is 0 Å². The van der Waals surface area contributed by atoms with E-state index in [0.717, 1.165) is 51.4 Å². The zero-order valence-electron chi connectivity index (χ0n) is 14.5. The molecule has 2 heterocycles. The zero-order valence-corrected chi connectivity index (χ0v) is 14.5. The van der Waals surface area contributed by atoms with Gasteiger partial charge in [-0.25, -0.2) is 0 Å². The fourth-order valence-corrected chi connectivity index (χ4v) is 3.89. The van der Waals surface area contributed by atoms with Crippen molar-refractivity contribution in [1.29, 1.82) is 0 Å². The first-order valence-corrected chi connectivity index (χ1v) is 9.17. The van der Waals surface area contributed by atoms with Crippen LogP contribution in [0.25, 0.3) is 0 Å². The van der Waals surface area contributed by atoms with Crippen LogP contribution in [0, 0.1) is 0 Å². The van der Waals surface area contributed by atoms with Gasteiger partial charge in [0.25, 0.3) is 0 Å². The van der Waals surface area contributed by atoms with E-state index < -0.39 is 5.60 Å². The van der Waals surface area contributed by atoms with Gasteiger partial charge in [-0.05, 0) is 50.0 Å². The van der Waals surface area contributed by atoms with Crippen LogP contribution in [0.2, 0.25) is 0 Å². The fourth-order valence-electron chi connectivity index (χ4n) is 3.89. The molecule has 0 amide bonds. The number of rotatable bonds is 7. The summed E-state index contributed by atoms with van der Waals surface area (Å²) in [5.74, 6) is 0.796. The molecule has 0 saturated carbocycles. The second-order valence-electron chi connectivity index (χ2n) is 7.24. The van der Waals surface area contributed by atoms with Crippen LogP contribution in [0.5, 0.6) is 5.75 Å². The Morgan fingerprint density at radius 3 is 2.71 bits per heavy atom. The van der Waals surface area contributed by atoms with Crippen molar-refractivity contribution in [1.82, 2.24) is 9.80 Å². The summed E-state index contributed by atoms with van der Waals surface area (Å²) >= 11 is 0. The summed E-state index contributed by atoms with van der Waals surface area (Å²) in [6.07, 6.45) is 4.71. The van der Waals surface area contributed by atoms with Gasteiger partial charge in [-0.1, -0.05) is 18.6 Å². The van der Waals surface area contributed by atoms with Crippen molar-refractivity contribution in [2.45, 2.75) is 37.8 Å². The number of likely N-dealkylation sites (tertiary alicyclic amines) is 2. The van der Waals surface area contributed by atoms with E-state index in [2.05, 4.69) is 15.9 Å². The van der Waals surface area contributed by atoms with Crippen molar-refractivity contribution in [2.24, 2.45) is 0 Å². The molecule has 0 aromatic heterocycles. The molecule has 5 nitrogen and oxygen atoms in total. The Hall–Kier alpha value is -1.14. The lowest BCUT2D eigenvalue weighted by Crippen LogP contribution is -2.46. The third-order valence-corrected chi connectivity index (χ3v) is 5.04. The van der Waals surface area contributed by atoms with E-state index in [9.17, 15) is 5.11 Å². The minimum Gasteiger partial charge on any atom is -0.491 e. The molecule has 5 heteroatoms. The first-order valence-electron chi connectivity index (χ1n) is 9.17. The topological polar surface area (TPSA) is 56.2 Å². The van der Waals surface area contributed by atoms with E-state index in [0.29, 0.717) is 6.61 Å². The van der Waals surface area contributed by atoms with Crippen molar-refractivity contribution >= 4 is 0 Å². The second kappa shape index (κ2) is 8.30. The monoisotopic (exact) mass is 334 g/mol. The average Bonchev–Trinajstić information content (AvgIpc) is 2.94. The lowest BCUT2D eigenvalue weighted by atomic mass is 10.0. The van der Waals surface area contributed by atoms with Crippen molar-refractivity contribution in [2.75, 3.05) is 45.9 Å². The molecule has 134 valence electrons. The van der Waals surface area contributed by atoms with Crippen LogP contribution in [0.15, 0.2) is 24.3 Å². The maximum Gasteiger partial charge on any atom is 0.119 e. The Labute approximate surface area is 144 Å². The number of β-amino-alcohol motifs (C(OH)–C–C–N with tert-alkyl or cyclic N) is 1. The molecule has 2 fully saturated rings. The van der Waals surface area contributed by atoms with Crippen LogP contribution < -0.4 is 4.74 Å². The number of piperidine rings is 1. The highest BCUT2D eigenvalue weighted by atomic mass is 16.5. The summed E-state index contributed by atoms with van der Waals surface area (Å²) in [6, 6.07) is 8.01. The highest BCUT2D eigenvalue weighted by molar-refractivity contribution is 5.28. The fraction of sp³-hybridized carbons (Fsp3) is 0.684. The first-order chi connectivity index (χ1) is 11.7. The minimum absolute atomic E-state index is 0.0277. The van der Waals surface area contributed by atoms with Crippen LogP contribution in [0.1, 0.15) is 31.2 Å². The predicted molar refractivity (Wildman–Crippen MR) is 94.2 cm³/mol. The smallest absolute Gasteiger partial charge is 0.119 e. The number of hydrogen-bond acceptors (Lipinski definition) is 5. The molecular formula is C19H30N2O3. The van der Waals surface area contributed by atoms with Crippen LogP contribution in [-0.4, -0.2) is 71.6 Å². The Bertz CT molecular complexity index is 519. The molecule has 3 rings (SSSR count). The summed E-state index contributed by atoms with van der Waals surface area (Å²) in [5.41, 5.74) is 0.621. The molecule has 2 aliphatic rings. The molecule has 0 radical (unpaired) electrons. The van der Waals surface area contributed by atoms with Gasteiger partial charge in [-0.3, -0.25) is 4.90 Å². The Balaban J connectivity index is 1.51. The lowest BCUT2D eigenvalue weighted by molar-refractivity contribution is 0.00635. The van der Waals surface area contributed by atoms with Gasteiger partial charge in [0, 0.05) is 26.2 Å². The molecule has 0 bridgehead atoms. The van der Waals surface area contributed by atoms with Gasteiger partial charge < -0.3 is 19.8 Å². The van der Waals surface area contributed by atoms with E-state index in [1.54, 1.807) is 0 Å². The van der Waals surface area contributed by atoms with Crippen LogP contribution >= 0.6 is 0 Å². The summed E-state index contributed by atoms with van der Waals surface area (Å²) in [6.45, 7) is 5.93. The Morgan fingerprint density at radius 2 is 1.92 bits per heavy atom. The van der Waals surface area contributed by atoms with Crippen LogP contribution in [0.3, 0.4) is 0 Å². The molecule has 1 aromatic rings. The standard InChI is InChI=1S/C19H30N2O3/c22-11-12-24-18-6-4-5-17(13-18)14-21-10-7-19(23,16-21)15-20-8-2-1-3-9-20/h4-6,13,22-23H,1-3,7-12,14-16H2/t19-/m0/s1. The third-order valence-electron chi connectivity index (χ3n) is 5.04. The van der Waals surface area contributed by atoms with Crippen molar-refractivity contribution < 1.29 is 14.9 Å². The summed E-state index contributed by atoms with van der Waals surface area (Å²) in [5, 5.41) is 19.8. The molecule has 2 saturated heterocycles. The number of ether oxygens (including phenoxy) is 1. The van der Waals surface area contributed by atoms with Gasteiger partial charge in [-0.2, -0.15) is 0 Å². The number of nitrogens with zero attached hydrogens (tertiary/aromatic N) is 2. The largest absolute Gasteiger partial charge is 0.491 e. The highest BCUT2D eigenvalue weighted by Gasteiger charge is 2.37. The molecule has 24 heavy (non-hydrogen) atoms. The summed E-state index contributed by atoms with van der Waals surface area (Å²) < 4.78 is 5.48. The number of benzene rings is 1. The maximum absolute atomic E-state index is 10.9. The Kier molecular flexibility index (Phi) is 6.11. The van der Waals surface area contributed by atoms with Gasteiger partial charge in [0.05, 0.1) is 12.2 Å². The third kappa shape index (κ3) is 4.93. The molecule has 0 spiro atoms. The normalized spacial score (nSPS) is 25.9. The van der Waals surface area contributed by atoms with Crippen molar-refractivity contribution in [3.8, 4) is 5.75 Å². The quantitative estimate of drug-likeness (QED) is 0.791. The van der Waals surface area contributed by atoms with Crippen molar-refractivity contribution in [3.05, 3.63) is 29.8 Å². The van der Waals surface area contributed by atoms with Crippen molar-refractivity contribution in [3.63, 3.8) is 0 Å².